The summed E-state index contributed by atoms with van der Waals surface area (Å²) in [6.45, 7) is 2.97. The van der Waals surface area contributed by atoms with E-state index in [0.29, 0.717) is 30.3 Å². The fraction of sp³-hybridized carbons (Fsp3) is 0.600. The molecule has 2 rings (SSSR count). The number of nitrogens with one attached hydrogen (secondary N) is 1. The third-order valence-corrected chi connectivity index (χ3v) is 4.18. The summed E-state index contributed by atoms with van der Waals surface area (Å²) < 4.78 is 11.2. The zero-order chi connectivity index (χ0) is 12.4. The van der Waals surface area contributed by atoms with Crippen LogP contribution < -0.4 is 5.73 Å². The van der Waals surface area contributed by atoms with Crippen molar-refractivity contribution in [2.75, 3.05) is 30.3 Å². The molecule has 7 heteroatoms. The van der Waals surface area contributed by atoms with E-state index in [1.807, 2.05) is 6.92 Å². The number of carbonyl (C=O) groups is 1. The van der Waals surface area contributed by atoms with Crippen LogP contribution in [0.4, 0.5) is 5.69 Å². The zero-order valence-corrected chi connectivity index (χ0v) is 10.5. The summed E-state index contributed by atoms with van der Waals surface area (Å²) in [5, 5.41) is 6.73. The molecular weight excluding hydrogens is 240 g/mol. The number of hydrogen-bond donors (Lipinski definition) is 2. The van der Waals surface area contributed by atoms with Crippen molar-refractivity contribution >= 4 is 22.4 Å². The van der Waals surface area contributed by atoms with Crippen molar-refractivity contribution in [2.24, 2.45) is 0 Å². The van der Waals surface area contributed by atoms with Crippen molar-refractivity contribution < 1.29 is 9.00 Å². The third-order valence-electron chi connectivity index (χ3n) is 2.90. The first kappa shape index (κ1) is 12.1. The number of aromatic amines is 1. The van der Waals surface area contributed by atoms with Gasteiger partial charge in [-0.3, -0.25) is 14.1 Å². The van der Waals surface area contributed by atoms with E-state index in [9.17, 15) is 9.00 Å². The molecule has 2 heterocycles. The van der Waals surface area contributed by atoms with Gasteiger partial charge in [-0.1, -0.05) is 6.92 Å². The van der Waals surface area contributed by atoms with E-state index in [4.69, 9.17) is 5.73 Å². The Balaban J connectivity index is 2.14. The first-order valence-electron chi connectivity index (χ1n) is 5.60. The molecule has 1 amide bonds. The highest BCUT2D eigenvalue weighted by Gasteiger charge is 2.25. The number of carbonyl (C=O) groups excluding carboxylic acids is 1. The molecule has 1 aliphatic rings. The van der Waals surface area contributed by atoms with Crippen molar-refractivity contribution in [3.05, 3.63) is 11.4 Å². The molecule has 1 saturated heterocycles. The molecule has 3 N–H and O–H groups in total. The summed E-state index contributed by atoms with van der Waals surface area (Å²) >= 11 is 0. The van der Waals surface area contributed by atoms with E-state index in [-0.39, 0.29) is 11.6 Å². The predicted octanol–water partition coefficient (Wildman–Crippen LogP) is -0.241. The average Bonchev–Trinajstić information content (AvgIpc) is 2.70. The Bertz CT molecular complexity index is 447. The second-order valence-corrected chi connectivity index (χ2v) is 5.65. The molecule has 1 aliphatic heterocycles. The van der Waals surface area contributed by atoms with Crippen LogP contribution in [0, 0.1) is 0 Å². The number of rotatable bonds is 2. The molecular formula is C10H16N4O2S. The SMILES string of the molecule is CCc1[nH]nc(C(=O)N2CCS(=O)CC2)c1N. The molecule has 94 valence electrons. The third kappa shape index (κ3) is 2.33. The van der Waals surface area contributed by atoms with Gasteiger partial charge < -0.3 is 10.6 Å². The van der Waals surface area contributed by atoms with Gasteiger partial charge in [0.1, 0.15) is 0 Å². The van der Waals surface area contributed by atoms with Gasteiger partial charge in [-0.05, 0) is 6.42 Å². The lowest BCUT2D eigenvalue weighted by Crippen LogP contribution is -2.42. The second-order valence-electron chi connectivity index (χ2n) is 3.96. The normalized spacial score (nSPS) is 17.4. The first-order chi connectivity index (χ1) is 8.13. The minimum atomic E-state index is -0.789. The van der Waals surface area contributed by atoms with Gasteiger partial charge >= 0.3 is 0 Å². The Morgan fingerprint density at radius 2 is 2.18 bits per heavy atom. The number of nitrogens with two attached hydrogens (primary N) is 1. The number of hydrogen-bond acceptors (Lipinski definition) is 4. The molecule has 0 spiro atoms. The number of amides is 1. The lowest BCUT2D eigenvalue weighted by Gasteiger charge is -2.25. The molecule has 0 aromatic carbocycles. The van der Waals surface area contributed by atoms with Crippen LogP contribution >= 0.6 is 0 Å². The number of H-pyrrole nitrogens is 1. The van der Waals surface area contributed by atoms with Crippen LogP contribution in [-0.2, 0) is 17.2 Å². The van der Waals surface area contributed by atoms with Crippen LogP contribution in [0.25, 0.3) is 0 Å². The van der Waals surface area contributed by atoms with E-state index in [2.05, 4.69) is 10.2 Å². The highest BCUT2D eigenvalue weighted by molar-refractivity contribution is 7.85. The van der Waals surface area contributed by atoms with Crippen molar-refractivity contribution in [1.82, 2.24) is 15.1 Å². The van der Waals surface area contributed by atoms with Crippen molar-refractivity contribution in [1.29, 1.82) is 0 Å². The number of anilines is 1. The smallest absolute Gasteiger partial charge is 0.276 e. The number of nitrogen functional groups attached to an aromatic ring is 1. The van der Waals surface area contributed by atoms with Crippen LogP contribution in [0.2, 0.25) is 0 Å². The molecule has 0 unspecified atom stereocenters. The van der Waals surface area contributed by atoms with Gasteiger partial charge in [0.15, 0.2) is 5.69 Å². The minimum Gasteiger partial charge on any atom is -0.395 e. The fourth-order valence-corrected chi connectivity index (χ4v) is 2.86. The Kier molecular flexibility index (Phi) is 3.46. The molecule has 1 fully saturated rings. The summed E-state index contributed by atoms with van der Waals surface area (Å²) in [6.07, 6.45) is 0.718. The van der Waals surface area contributed by atoms with Crippen molar-refractivity contribution in [2.45, 2.75) is 13.3 Å². The summed E-state index contributed by atoms with van der Waals surface area (Å²) in [6, 6.07) is 0. The Labute approximate surface area is 102 Å². The average molecular weight is 256 g/mol. The fourth-order valence-electron chi connectivity index (χ4n) is 1.81. The molecule has 0 saturated carbocycles. The zero-order valence-electron chi connectivity index (χ0n) is 9.73. The molecule has 1 aromatic heterocycles. The van der Waals surface area contributed by atoms with Gasteiger partial charge in [0.05, 0.1) is 11.4 Å². The number of aryl methyl sites for hydroxylation is 1. The van der Waals surface area contributed by atoms with Crippen LogP contribution in [0.3, 0.4) is 0 Å². The van der Waals surface area contributed by atoms with Gasteiger partial charge in [-0.15, -0.1) is 0 Å². The molecule has 6 nitrogen and oxygen atoms in total. The minimum absolute atomic E-state index is 0.171. The Hall–Kier alpha value is -1.37. The highest BCUT2D eigenvalue weighted by Crippen LogP contribution is 2.17. The standard InChI is InChI=1S/C10H16N4O2S/c1-2-7-8(11)9(13-12-7)10(15)14-3-5-17(16)6-4-14/h2-6,11H2,1H3,(H,12,13). The van der Waals surface area contributed by atoms with Gasteiger partial charge in [-0.2, -0.15) is 5.10 Å². The maximum absolute atomic E-state index is 12.1. The molecule has 17 heavy (non-hydrogen) atoms. The van der Waals surface area contributed by atoms with Crippen LogP contribution in [0.15, 0.2) is 0 Å². The lowest BCUT2D eigenvalue weighted by atomic mass is 10.2. The lowest BCUT2D eigenvalue weighted by molar-refractivity contribution is 0.0766. The van der Waals surface area contributed by atoms with Crippen LogP contribution in [0.1, 0.15) is 23.1 Å². The first-order valence-corrected chi connectivity index (χ1v) is 7.09. The van der Waals surface area contributed by atoms with Gasteiger partial charge in [-0.25, -0.2) is 0 Å². The largest absolute Gasteiger partial charge is 0.395 e. The van der Waals surface area contributed by atoms with Crippen LogP contribution in [0.5, 0.6) is 0 Å². The van der Waals surface area contributed by atoms with Gasteiger partial charge in [0.2, 0.25) is 0 Å². The van der Waals surface area contributed by atoms with E-state index >= 15 is 0 Å². The highest BCUT2D eigenvalue weighted by atomic mass is 32.2. The number of aromatic nitrogens is 2. The summed E-state index contributed by atoms with van der Waals surface area (Å²) in [4.78, 5) is 13.8. The van der Waals surface area contributed by atoms with Gasteiger partial charge in [0, 0.05) is 35.4 Å². The molecule has 0 aliphatic carbocycles. The van der Waals surface area contributed by atoms with Crippen molar-refractivity contribution in [3.63, 3.8) is 0 Å². The summed E-state index contributed by atoms with van der Waals surface area (Å²) in [5.41, 5.74) is 7.35. The quantitative estimate of drug-likeness (QED) is 0.763. The summed E-state index contributed by atoms with van der Waals surface area (Å²) in [7, 11) is -0.789. The summed E-state index contributed by atoms with van der Waals surface area (Å²) in [5.74, 6) is 0.906. The van der Waals surface area contributed by atoms with E-state index in [1.54, 1.807) is 4.90 Å². The monoisotopic (exact) mass is 256 g/mol. The maximum atomic E-state index is 12.1. The molecule has 0 bridgehead atoms. The van der Waals surface area contributed by atoms with E-state index < -0.39 is 10.8 Å². The van der Waals surface area contributed by atoms with Crippen molar-refractivity contribution in [3.8, 4) is 0 Å². The topological polar surface area (TPSA) is 92.1 Å². The maximum Gasteiger partial charge on any atom is 0.276 e. The second kappa shape index (κ2) is 4.87. The molecule has 0 atom stereocenters. The van der Waals surface area contributed by atoms with E-state index in [0.717, 1.165) is 12.1 Å². The Morgan fingerprint density at radius 3 is 2.71 bits per heavy atom. The van der Waals surface area contributed by atoms with E-state index in [1.165, 1.54) is 0 Å². The molecule has 0 radical (unpaired) electrons. The Morgan fingerprint density at radius 1 is 1.53 bits per heavy atom. The number of nitrogens with zero attached hydrogens (tertiary/aromatic N) is 2. The van der Waals surface area contributed by atoms with Gasteiger partial charge in [0.25, 0.3) is 5.91 Å². The predicted molar refractivity (Wildman–Crippen MR) is 66.2 cm³/mol. The molecule has 1 aromatic rings. The van der Waals surface area contributed by atoms with Crippen LogP contribution in [-0.4, -0.2) is 49.8 Å².